The number of benzene rings is 1. The molecule has 0 spiro atoms. The molecule has 1 unspecified atom stereocenters. The van der Waals surface area contributed by atoms with Gasteiger partial charge in [-0.05, 0) is 29.8 Å². The van der Waals surface area contributed by atoms with Crippen molar-refractivity contribution in [3.63, 3.8) is 0 Å². The average molecular weight is 253 g/mol. The van der Waals surface area contributed by atoms with E-state index in [0.29, 0.717) is 5.69 Å². The number of nitrogens with zero attached hydrogens (tertiary/aromatic N) is 1. The highest BCUT2D eigenvalue weighted by molar-refractivity contribution is 5.23. The first kappa shape index (κ1) is 12.6. The number of hydrogen-bond acceptors (Lipinski definition) is 2. The summed E-state index contributed by atoms with van der Waals surface area (Å²) in [4.78, 5) is 3.99. The molecular formula is C13H10F3NO. The van der Waals surface area contributed by atoms with Crippen LogP contribution in [0.4, 0.5) is 13.2 Å². The fraction of sp³-hybridized carbons (Fsp3) is 0.154. The molecule has 18 heavy (non-hydrogen) atoms. The van der Waals surface area contributed by atoms with Crippen LogP contribution < -0.4 is 0 Å². The van der Waals surface area contributed by atoms with Crippen LogP contribution in [-0.4, -0.2) is 10.1 Å². The molecular weight excluding hydrogens is 243 g/mol. The van der Waals surface area contributed by atoms with Crippen molar-refractivity contribution in [1.29, 1.82) is 0 Å². The van der Waals surface area contributed by atoms with Crippen molar-refractivity contribution in [3.8, 4) is 0 Å². The lowest BCUT2D eigenvalue weighted by molar-refractivity contribution is 0.176. The summed E-state index contributed by atoms with van der Waals surface area (Å²) >= 11 is 0. The first-order valence-corrected chi connectivity index (χ1v) is 5.30. The monoisotopic (exact) mass is 253 g/mol. The Morgan fingerprint density at radius 1 is 1.11 bits per heavy atom. The number of aliphatic hydroxyl groups excluding tert-OH is 1. The van der Waals surface area contributed by atoms with Gasteiger partial charge in [-0.25, -0.2) is 13.2 Å². The average Bonchev–Trinajstić information content (AvgIpc) is 2.36. The molecule has 0 fully saturated rings. The Morgan fingerprint density at radius 3 is 2.33 bits per heavy atom. The Balaban J connectivity index is 2.22. The highest BCUT2D eigenvalue weighted by atomic mass is 19.2. The van der Waals surface area contributed by atoms with Crippen LogP contribution in [0.3, 0.4) is 0 Å². The summed E-state index contributed by atoms with van der Waals surface area (Å²) in [7, 11) is 0. The third kappa shape index (κ3) is 2.68. The lowest BCUT2D eigenvalue weighted by atomic mass is 10.0. The van der Waals surface area contributed by atoms with Crippen LogP contribution in [0, 0.1) is 17.5 Å². The van der Waals surface area contributed by atoms with Crippen LogP contribution in [0.25, 0.3) is 0 Å². The number of rotatable bonds is 3. The summed E-state index contributed by atoms with van der Waals surface area (Å²) in [6, 6.07) is 6.70. The van der Waals surface area contributed by atoms with E-state index in [1.807, 2.05) is 0 Å². The molecule has 2 nitrogen and oxygen atoms in total. The van der Waals surface area contributed by atoms with E-state index in [9.17, 15) is 18.3 Å². The van der Waals surface area contributed by atoms with E-state index in [4.69, 9.17) is 0 Å². The fourth-order valence-electron chi connectivity index (χ4n) is 1.60. The molecule has 1 aromatic carbocycles. The third-order valence-corrected chi connectivity index (χ3v) is 2.52. The van der Waals surface area contributed by atoms with E-state index >= 15 is 0 Å². The van der Waals surface area contributed by atoms with Crippen LogP contribution in [-0.2, 0) is 6.42 Å². The molecule has 1 atom stereocenters. The Bertz CT molecular complexity index is 522. The van der Waals surface area contributed by atoms with Crippen molar-refractivity contribution in [2.45, 2.75) is 12.5 Å². The molecule has 0 bridgehead atoms. The van der Waals surface area contributed by atoms with Gasteiger partial charge in [-0.1, -0.05) is 6.07 Å². The summed E-state index contributed by atoms with van der Waals surface area (Å²) in [6.07, 6.45) is 0.517. The van der Waals surface area contributed by atoms with Gasteiger partial charge >= 0.3 is 0 Å². The van der Waals surface area contributed by atoms with Gasteiger partial charge < -0.3 is 5.11 Å². The van der Waals surface area contributed by atoms with Crippen molar-refractivity contribution in [2.24, 2.45) is 0 Å². The number of aromatic nitrogens is 1. The van der Waals surface area contributed by atoms with Crippen molar-refractivity contribution >= 4 is 0 Å². The zero-order chi connectivity index (χ0) is 13.1. The zero-order valence-electron chi connectivity index (χ0n) is 9.28. The molecule has 0 radical (unpaired) electrons. The predicted octanol–water partition coefficient (Wildman–Crippen LogP) is 2.78. The van der Waals surface area contributed by atoms with Crippen LogP contribution in [0.2, 0.25) is 0 Å². The van der Waals surface area contributed by atoms with E-state index < -0.39 is 23.6 Å². The Morgan fingerprint density at radius 2 is 1.78 bits per heavy atom. The number of hydrogen-bond donors (Lipinski definition) is 1. The normalized spacial score (nSPS) is 12.4. The van der Waals surface area contributed by atoms with Crippen LogP contribution in [0.1, 0.15) is 17.4 Å². The molecule has 1 heterocycles. The summed E-state index contributed by atoms with van der Waals surface area (Å²) in [5.41, 5.74) is 0.562. The van der Waals surface area contributed by atoms with Gasteiger partial charge in [0.1, 0.15) is 0 Å². The van der Waals surface area contributed by atoms with Crippen molar-refractivity contribution in [3.05, 3.63) is 65.2 Å². The Kier molecular flexibility index (Phi) is 3.62. The van der Waals surface area contributed by atoms with Crippen LogP contribution in [0.5, 0.6) is 0 Å². The van der Waals surface area contributed by atoms with Crippen molar-refractivity contribution in [1.82, 2.24) is 4.98 Å². The lowest BCUT2D eigenvalue weighted by Crippen LogP contribution is -2.05. The van der Waals surface area contributed by atoms with Gasteiger partial charge in [-0.3, -0.25) is 4.98 Å². The molecule has 0 aliphatic heterocycles. The van der Waals surface area contributed by atoms with Gasteiger partial charge in [-0.15, -0.1) is 0 Å². The molecule has 0 aliphatic rings. The summed E-state index contributed by atoms with van der Waals surface area (Å²) in [5.74, 6) is -4.17. The van der Waals surface area contributed by atoms with Crippen molar-refractivity contribution in [2.75, 3.05) is 0 Å². The second-order valence-electron chi connectivity index (χ2n) is 3.84. The van der Waals surface area contributed by atoms with Crippen molar-refractivity contribution < 1.29 is 18.3 Å². The molecule has 94 valence electrons. The highest BCUT2D eigenvalue weighted by Gasteiger charge is 2.16. The maximum atomic E-state index is 13.0. The summed E-state index contributed by atoms with van der Waals surface area (Å²) in [6.45, 7) is 0. The minimum absolute atomic E-state index is 0.0166. The SMILES string of the molecule is OC(Cc1ccccn1)c1cc(F)c(F)c(F)c1. The molecule has 5 heteroatoms. The van der Waals surface area contributed by atoms with Gasteiger partial charge in [-0.2, -0.15) is 0 Å². The number of pyridine rings is 1. The van der Waals surface area contributed by atoms with Gasteiger partial charge in [0.05, 0.1) is 6.10 Å². The second kappa shape index (κ2) is 5.18. The molecule has 2 rings (SSSR count). The smallest absolute Gasteiger partial charge is 0.194 e. The van der Waals surface area contributed by atoms with Gasteiger partial charge in [0.2, 0.25) is 0 Å². The molecule has 2 aromatic rings. The van der Waals surface area contributed by atoms with Gasteiger partial charge in [0.25, 0.3) is 0 Å². The highest BCUT2D eigenvalue weighted by Crippen LogP contribution is 2.21. The Hall–Kier alpha value is -1.88. The molecule has 0 aliphatic carbocycles. The molecule has 0 saturated heterocycles. The molecule has 1 aromatic heterocycles. The minimum Gasteiger partial charge on any atom is -0.388 e. The predicted molar refractivity (Wildman–Crippen MR) is 59.2 cm³/mol. The summed E-state index contributed by atoms with van der Waals surface area (Å²) < 4.78 is 38.8. The standard InChI is InChI=1S/C13H10F3NO/c14-10-5-8(6-11(15)13(10)16)12(18)7-9-3-1-2-4-17-9/h1-6,12,18H,7H2. The quantitative estimate of drug-likeness (QED) is 0.853. The third-order valence-electron chi connectivity index (χ3n) is 2.52. The van der Waals surface area contributed by atoms with Gasteiger partial charge in [0.15, 0.2) is 17.5 Å². The minimum atomic E-state index is -1.54. The van der Waals surface area contributed by atoms with Crippen LogP contribution >= 0.6 is 0 Å². The topological polar surface area (TPSA) is 33.1 Å². The summed E-state index contributed by atoms with van der Waals surface area (Å²) in [5, 5.41) is 9.82. The number of halogens is 3. The lowest BCUT2D eigenvalue weighted by Gasteiger charge is -2.11. The fourth-order valence-corrected chi connectivity index (χ4v) is 1.60. The first-order valence-electron chi connectivity index (χ1n) is 5.30. The first-order chi connectivity index (χ1) is 8.58. The van der Waals surface area contributed by atoms with E-state index in [1.165, 1.54) is 0 Å². The van der Waals surface area contributed by atoms with Crippen LogP contribution in [0.15, 0.2) is 36.5 Å². The molecule has 1 N–H and O–H groups in total. The number of aliphatic hydroxyl groups is 1. The maximum Gasteiger partial charge on any atom is 0.194 e. The second-order valence-corrected chi connectivity index (χ2v) is 3.84. The van der Waals surface area contributed by atoms with E-state index in [-0.39, 0.29) is 12.0 Å². The Labute approximate surface area is 102 Å². The maximum absolute atomic E-state index is 13.0. The van der Waals surface area contributed by atoms with Gasteiger partial charge in [0, 0.05) is 18.3 Å². The van der Waals surface area contributed by atoms with E-state index in [0.717, 1.165) is 12.1 Å². The van der Waals surface area contributed by atoms with E-state index in [1.54, 1.807) is 24.4 Å². The molecule has 0 saturated carbocycles. The largest absolute Gasteiger partial charge is 0.388 e. The zero-order valence-corrected chi connectivity index (χ0v) is 9.28. The van der Waals surface area contributed by atoms with E-state index in [2.05, 4.69) is 4.98 Å². The molecule has 0 amide bonds.